The third-order valence-electron chi connectivity index (χ3n) is 3.65. The van der Waals surface area contributed by atoms with Crippen LogP contribution in [0.2, 0.25) is 0 Å². The Kier molecular flexibility index (Phi) is 5.62. The van der Waals surface area contributed by atoms with Crippen LogP contribution in [-0.4, -0.2) is 13.1 Å². The van der Waals surface area contributed by atoms with Gasteiger partial charge in [-0.05, 0) is 49.9 Å². The Morgan fingerprint density at radius 3 is 2.35 bits per heavy atom. The summed E-state index contributed by atoms with van der Waals surface area (Å²) < 4.78 is 0. The van der Waals surface area contributed by atoms with Crippen LogP contribution in [0.25, 0.3) is 0 Å². The second kappa shape index (κ2) is 7.46. The van der Waals surface area contributed by atoms with E-state index < -0.39 is 0 Å². The van der Waals surface area contributed by atoms with Gasteiger partial charge >= 0.3 is 0 Å². The molecule has 0 aliphatic rings. The molecule has 2 rings (SSSR count). The molecule has 0 amide bonds. The number of anilines is 1. The number of hydrogen-bond acceptors (Lipinski definition) is 3. The van der Waals surface area contributed by atoms with Gasteiger partial charge in [-0.3, -0.25) is 0 Å². The van der Waals surface area contributed by atoms with Crippen LogP contribution in [0.5, 0.6) is 0 Å². The smallest absolute Gasteiger partial charge is 0.0388 e. The van der Waals surface area contributed by atoms with Gasteiger partial charge in [-0.1, -0.05) is 18.2 Å². The van der Waals surface area contributed by atoms with E-state index in [1.807, 2.05) is 11.3 Å². The minimum absolute atomic E-state index is 0.414. The third kappa shape index (κ3) is 3.84. The number of benzene rings is 1. The summed E-state index contributed by atoms with van der Waals surface area (Å²) in [7, 11) is 0. The van der Waals surface area contributed by atoms with E-state index in [-0.39, 0.29) is 0 Å². The lowest BCUT2D eigenvalue weighted by Crippen LogP contribution is -2.22. The van der Waals surface area contributed by atoms with Crippen molar-refractivity contribution in [2.45, 2.75) is 33.4 Å². The lowest BCUT2D eigenvalue weighted by molar-refractivity contribution is 0.583. The summed E-state index contributed by atoms with van der Waals surface area (Å²) in [6, 6.07) is 13.6. The highest BCUT2D eigenvalue weighted by atomic mass is 32.1. The van der Waals surface area contributed by atoms with Crippen molar-refractivity contribution in [2.24, 2.45) is 0 Å². The van der Waals surface area contributed by atoms with Gasteiger partial charge in [-0.25, -0.2) is 0 Å². The van der Waals surface area contributed by atoms with Crippen molar-refractivity contribution in [3.05, 3.63) is 52.2 Å². The first-order chi connectivity index (χ1) is 9.74. The molecule has 0 radical (unpaired) electrons. The van der Waals surface area contributed by atoms with E-state index in [0.717, 1.165) is 19.6 Å². The molecule has 1 heterocycles. The normalized spacial score (nSPS) is 12.3. The zero-order chi connectivity index (χ0) is 14.4. The Bertz CT molecular complexity index is 486. The molecule has 20 heavy (non-hydrogen) atoms. The van der Waals surface area contributed by atoms with Crippen molar-refractivity contribution >= 4 is 17.0 Å². The van der Waals surface area contributed by atoms with Crippen LogP contribution in [0, 0.1) is 0 Å². The summed E-state index contributed by atoms with van der Waals surface area (Å²) >= 11 is 1.81. The first kappa shape index (κ1) is 15.1. The second-order valence-corrected chi connectivity index (χ2v) is 5.94. The molecule has 0 spiro atoms. The van der Waals surface area contributed by atoms with Crippen molar-refractivity contribution in [3.8, 4) is 0 Å². The molecule has 0 fully saturated rings. The Hall–Kier alpha value is -1.32. The van der Waals surface area contributed by atoms with Crippen LogP contribution < -0.4 is 10.2 Å². The fourth-order valence-corrected chi connectivity index (χ4v) is 3.08. The van der Waals surface area contributed by atoms with Gasteiger partial charge in [-0.15, -0.1) is 11.3 Å². The van der Waals surface area contributed by atoms with Crippen LogP contribution in [-0.2, 0) is 6.54 Å². The Balaban J connectivity index is 1.91. The highest BCUT2D eigenvalue weighted by molar-refractivity contribution is 7.10. The maximum Gasteiger partial charge on any atom is 0.0388 e. The molecular weight excluding hydrogens is 264 g/mol. The topological polar surface area (TPSA) is 15.3 Å². The van der Waals surface area contributed by atoms with Crippen molar-refractivity contribution < 1.29 is 0 Å². The molecule has 1 aromatic carbocycles. The van der Waals surface area contributed by atoms with Crippen LogP contribution in [0.4, 0.5) is 5.69 Å². The largest absolute Gasteiger partial charge is 0.372 e. The first-order valence-electron chi connectivity index (χ1n) is 7.35. The van der Waals surface area contributed by atoms with Crippen molar-refractivity contribution in [3.63, 3.8) is 0 Å². The highest BCUT2D eigenvalue weighted by Crippen LogP contribution is 2.19. The van der Waals surface area contributed by atoms with E-state index in [0.29, 0.717) is 6.04 Å². The van der Waals surface area contributed by atoms with Gasteiger partial charge in [0.2, 0.25) is 0 Å². The number of hydrogen-bond donors (Lipinski definition) is 1. The summed E-state index contributed by atoms with van der Waals surface area (Å²) in [4.78, 5) is 3.76. The maximum absolute atomic E-state index is 3.57. The van der Waals surface area contributed by atoms with E-state index in [9.17, 15) is 0 Å². The summed E-state index contributed by atoms with van der Waals surface area (Å²) in [5, 5.41) is 5.71. The quantitative estimate of drug-likeness (QED) is 0.810. The van der Waals surface area contributed by atoms with E-state index in [1.165, 1.54) is 16.1 Å². The number of rotatable bonds is 7. The SMILES string of the molecule is CCN(CC)c1ccc(CNC(C)c2cccs2)cc1. The molecule has 1 unspecified atom stereocenters. The van der Waals surface area contributed by atoms with Crippen LogP contribution in [0.1, 0.15) is 37.3 Å². The zero-order valence-electron chi connectivity index (χ0n) is 12.6. The number of nitrogens with one attached hydrogen (secondary N) is 1. The summed E-state index contributed by atoms with van der Waals surface area (Å²) in [6.07, 6.45) is 0. The molecule has 1 aromatic heterocycles. The predicted molar refractivity (Wildman–Crippen MR) is 89.6 cm³/mol. The molecule has 1 N–H and O–H groups in total. The fraction of sp³-hybridized carbons (Fsp3) is 0.412. The minimum atomic E-state index is 0.414. The molecule has 1 atom stereocenters. The third-order valence-corrected chi connectivity index (χ3v) is 4.70. The van der Waals surface area contributed by atoms with Gasteiger partial charge in [0.15, 0.2) is 0 Å². The molecule has 0 aliphatic heterocycles. The first-order valence-corrected chi connectivity index (χ1v) is 8.23. The van der Waals surface area contributed by atoms with Gasteiger partial charge < -0.3 is 10.2 Å². The van der Waals surface area contributed by atoms with Gasteiger partial charge in [0.1, 0.15) is 0 Å². The Morgan fingerprint density at radius 2 is 1.80 bits per heavy atom. The lowest BCUT2D eigenvalue weighted by Gasteiger charge is -2.21. The van der Waals surface area contributed by atoms with E-state index >= 15 is 0 Å². The molecule has 3 heteroatoms. The zero-order valence-corrected chi connectivity index (χ0v) is 13.4. The fourth-order valence-electron chi connectivity index (χ4n) is 2.32. The minimum Gasteiger partial charge on any atom is -0.372 e. The van der Waals surface area contributed by atoms with Crippen LogP contribution in [0.3, 0.4) is 0 Å². The molecule has 108 valence electrons. The summed E-state index contributed by atoms with van der Waals surface area (Å²) in [5.41, 5.74) is 2.65. The lowest BCUT2D eigenvalue weighted by atomic mass is 10.1. The van der Waals surface area contributed by atoms with Gasteiger partial charge in [0.05, 0.1) is 0 Å². The standard InChI is InChI=1S/C17H24N2S/c1-4-19(5-2)16-10-8-15(9-11-16)13-18-14(3)17-7-6-12-20-17/h6-12,14,18H,4-5,13H2,1-3H3. The summed E-state index contributed by atoms with van der Waals surface area (Å²) in [6.45, 7) is 9.64. The number of nitrogens with zero attached hydrogens (tertiary/aromatic N) is 1. The molecule has 2 aromatic rings. The molecule has 0 aliphatic carbocycles. The van der Waals surface area contributed by atoms with E-state index in [1.54, 1.807) is 0 Å². The van der Waals surface area contributed by atoms with Gasteiger partial charge in [0.25, 0.3) is 0 Å². The Morgan fingerprint density at radius 1 is 1.10 bits per heavy atom. The van der Waals surface area contributed by atoms with Crippen LogP contribution in [0.15, 0.2) is 41.8 Å². The average molecular weight is 288 g/mol. The van der Waals surface area contributed by atoms with Crippen molar-refractivity contribution in [2.75, 3.05) is 18.0 Å². The molecular formula is C17H24N2S. The monoisotopic (exact) mass is 288 g/mol. The molecule has 0 saturated carbocycles. The molecule has 0 bridgehead atoms. The van der Waals surface area contributed by atoms with Gasteiger partial charge in [0, 0.05) is 36.2 Å². The van der Waals surface area contributed by atoms with Crippen LogP contribution >= 0.6 is 11.3 Å². The highest BCUT2D eigenvalue weighted by Gasteiger charge is 2.06. The maximum atomic E-state index is 3.57. The second-order valence-electron chi connectivity index (χ2n) is 4.96. The predicted octanol–water partition coefficient (Wildman–Crippen LogP) is 4.45. The summed E-state index contributed by atoms with van der Waals surface area (Å²) in [5.74, 6) is 0. The number of thiophene rings is 1. The van der Waals surface area contributed by atoms with Crippen molar-refractivity contribution in [1.82, 2.24) is 5.32 Å². The molecule has 2 nitrogen and oxygen atoms in total. The van der Waals surface area contributed by atoms with Gasteiger partial charge in [-0.2, -0.15) is 0 Å². The van der Waals surface area contributed by atoms with E-state index in [4.69, 9.17) is 0 Å². The van der Waals surface area contributed by atoms with Crippen molar-refractivity contribution in [1.29, 1.82) is 0 Å². The average Bonchev–Trinajstić information content (AvgIpc) is 3.01. The van der Waals surface area contributed by atoms with E-state index in [2.05, 4.69) is 72.8 Å². The Labute approximate surface area is 126 Å². The molecule has 0 saturated heterocycles.